The van der Waals surface area contributed by atoms with Gasteiger partial charge in [-0.15, -0.1) is 0 Å². The van der Waals surface area contributed by atoms with Crippen LogP contribution >= 0.6 is 0 Å². The lowest BCUT2D eigenvalue weighted by molar-refractivity contribution is -0.151. The normalized spacial score (nSPS) is 19.0. The molecule has 5 aliphatic heterocycles. The van der Waals surface area contributed by atoms with Crippen molar-refractivity contribution in [1.29, 1.82) is 5.41 Å². The summed E-state index contributed by atoms with van der Waals surface area (Å²) < 4.78 is 54.2. The maximum absolute atomic E-state index is 16.7. The molecule has 0 spiro atoms. The van der Waals surface area contributed by atoms with Crippen LogP contribution in [0.1, 0.15) is 233 Å². The summed E-state index contributed by atoms with van der Waals surface area (Å²) in [7, 11) is -4.21. The van der Waals surface area contributed by atoms with Gasteiger partial charge in [0.2, 0.25) is 88.7 Å². The second-order valence-electron chi connectivity index (χ2n) is 42.9. The summed E-state index contributed by atoms with van der Waals surface area (Å²) >= 11 is 0. The van der Waals surface area contributed by atoms with Crippen LogP contribution in [0.2, 0.25) is 0 Å². The average molecular weight is 2080 g/mol. The molecule has 810 valence electrons. The number of rotatable bonds is 44. The van der Waals surface area contributed by atoms with Crippen molar-refractivity contribution in [2.45, 2.75) is 346 Å². The minimum Gasteiger partial charge on any atom is -0.487 e. The Morgan fingerprint density at radius 1 is 0.547 bits per heavy atom. The molecule has 0 bridgehead atoms. The van der Waals surface area contributed by atoms with Gasteiger partial charge in [-0.3, -0.25) is 72.5 Å². The number of nitrogens with zero attached hydrogens (tertiary/aromatic N) is 6. The van der Waals surface area contributed by atoms with Crippen LogP contribution in [-0.4, -0.2) is 308 Å². The molecule has 16 N–H and O–H groups in total. The van der Waals surface area contributed by atoms with Crippen LogP contribution in [0.25, 0.3) is 0 Å². The highest BCUT2D eigenvalue weighted by molar-refractivity contribution is 7.90. The van der Waals surface area contributed by atoms with Gasteiger partial charge in [-0.05, 0) is 235 Å². The van der Waals surface area contributed by atoms with Crippen molar-refractivity contribution in [3.05, 3.63) is 148 Å². The summed E-state index contributed by atoms with van der Waals surface area (Å²) in [5.74, 6) is -12.4. The van der Waals surface area contributed by atoms with Crippen LogP contribution in [0.15, 0.2) is 108 Å². The van der Waals surface area contributed by atoms with Gasteiger partial charge in [-0.1, -0.05) is 105 Å². The topological polar surface area (TPSA) is 574 Å². The van der Waals surface area contributed by atoms with Crippen molar-refractivity contribution in [2.75, 3.05) is 52.4 Å². The number of guanidine groups is 1. The highest BCUT2D eigenvalue weighted by atomic mass is 32.2. The number of nitrogens with two attached hydrogens (primary N) is 1. The molecule has 10 rings (SSSR count). The number of hydrogen-bond donors (Lipinski definition) is 15. The van der Waals surface area contributed by atoms with E-state index < -0.39 is 249 Å². The number of sulfonamides is 1. The molecular weight excluding hydrogens is 1930 g/mol. The quantitative estimate of drug-likeness (QED) is 0.0113. The Labute approximate surface area is 866 Å². The highest BCUT2D eigenvalue weighted by Gasteiger charge is 2.54. The number of amides is 14. The molecule has 0 radical (unpaired) electrons. The number of carbonyl (C=O) groups excluding carboxylic acids is 14. The largest absolute Gasteiger partial charge is 0.487 e. The predicted molar refractivity (Wildman–Crippen MR) is 549 cm³/mol. The lowest BCUT2D eigenvalue weighted by atomic mass is 9.74. The first-order valence-electron chi connectivity index (χ1n) is 50.9. The van der Waals surface area contributed by atoms with E-state index in [0.29, 0.717) is 76.9 Å². The maximum Gasteiger partial charge on any atom is 0.328 e. The third-order valence-electron chi connectivity index (χ3n) is 27.0. The number of benzene rings is 4. The van der Waals surface area contributed by atoms with Gasteiger partial charge in [-0.2, -0.15) is 0 Å². The number of carboxylic acid groups (broad SMARTS) is 1. The third kappa shape index (κ3) is 29.6. The zero-order valence-corrected chi connectivity index (χ0v) is 89.7. The number of nitrogens with one attached hydrogen (secondary N) is 13. The van der Waals surface area contributed by atoms with Crippen LogP contribution in [0.4, 0.5) is 0 Å². The van der Waals surface area contributed by atoms with E-state index in [1.54, 1.807) is 188 Å². The van der Waals surface area contributed by atoms with E-state index in [1.165, 1.54) is 71.6 Å². The van der Waals surface area contributed by atoms with E-state index in [0.717, 1.165) is 5.56 Å². The van der Waals surface area contributed by atoms with E-state index >= 15 is 19.2 Å². The average Bonchev–Trinajstić information content (AvgIpc) is 0.833. The van der Waals surface area contributed by atoms with Gasteiger partial charge in [0.15, 0.2) is 6.04 Å². The zero-order valence-electron chi connectivity index (χ0n) is 88.9. The van der Waals surface area contributed by atoms with Gasteiger partial charge in [0.1, 0.15) is 83.3 Å². The van der Waals surface area contributed by atoms with E-state index in [1.807, 2.05) is 13.8 Å². The number of hydrogen-bond acceptors (Lipinski definition) is 24. The molecule has 0 unspecified atom stereocenters. The second kappa shape index (κ2) is 49.9. The van der Waals surface area contributed by atoms with E-state index in [-0.39, 0.29) is 82.6 Å². The Morgan fingerprint density at radius 2 is 1.01 bits per heavy atom. The Bertz CT molecular complexity index is 5640. The number of imidazole rings is 1. The van der Waals surface area contributed by atoms with E-state index in [2.05, 4.69) is 67.9 Å². The first kappa shape index (κ1) is 117. The summed E-state index contributed by atoms with van der Waals surface area (Å²) in [6, 6.07) is 9.52. The van der Waals surface area contributed by atoms with Crippen LogP contribution < -0.4 is 68.4 Å². The number of aromatic nitrogens is 2. The monoisotopic (exact) mass is 2080 g/mol. The molecule has 4 saturated heterocycles. The number of aliphatic carboxylic acids is 1. The highest BCUT2D eigenvalue weighted by Crippen LogP contribution is 2.47. The lowest BCUT2D eigenvalue weighted by Gasteiger charge is -2.49. The minimum absolute atomic E-state index is 0.0492. The molecule has 148 heavy (non-hydrogen) atoms. The predicted octanol–water partition coefficient (Wildman–Crippen LogP) is 4.00. The fraction of sp³-hybridized carbons (Fsp3) is 0.590. The van der Waals surface area contributed by atoms with Crippen molar-refractivity contribution in [2.24, 2.45) is 11.7 Å². The molecule has 5 aliphatic rings. The number of carboxylic acids is 1. The van der Waals surface area contributed by atoms with Gasteiger partial charge in [0.25, 0.3) is 10.0 Å². The smallest absolute Gasteiger partial charge is 0.328 e. The summed E-state index contributed by atoms with van der Waals surface area (Å²) in [6.07, 6.45) is 3.53. The molecule has 0 saturated carbocycles. The summed E-state index contributed by atoms with van der Waals surface area (Å²) in [5.41, 5.74) is 5.80. The first-order chi connectivity index (χ1) is 69.4. The summed E-state index contributed by atoms with van der Waals surface area (Å²) in [4.78, 5) is 233. The SMILES string of the molecule is Cc1c(C)c(S(=O)(=O)NC(=N)NCCC[C@H](N)C(=O)N2CCC[C@H]2C(=O)N[C@@H](C)C(=O)N2CCC[C@H]2C(=O)NCC(=O)N[C@@H](COC(C)(C)C)C(=O)N[C@H](C(=O)N[C@@H](C)C(=O)N2CCC[C@H]2C(=O)N2CCC[C@H]2C(=O)N[C@@H](C)C(=O)N([C@@H](Cc2c[nH]cn2)C(=O)NCC(=O)N[C@H](C(=O)N[C@H](C(=O)O)[C@@H](C)OC(C)(C)C)C(C)C)C(c2ccccc2)(c2ccccc2)c2ccccc2)[C@@H](C)OC(C)(C)C)c(C)c2c1OC(C)(C)C2. The van der Waals surface area contributed by atoms with Gasteiger partial charge >= 0.3 is 5.97 Å². The minimum atomic E-state index is -4.21. The molecule has 4 fully saturated rings. The Kier molecular flexibility index (Phi) is 39.4. The van der Waals surface area contributed by atoms with Crippen molar-refractivity contribution < 1.29 is 104 Å². The van der Waals surface area contributed by atoms with Gasteiger partial charge in [-0.25, -0.2) is 22.9 Å². The van der Waals surface area contributed by atoms with Crippen LogP contribution in [0.3, 0.4) is 0 Å². The van der Waals surface area contributed by atoms with E-state index in [4.69, 9.17) is 30.1 Å². The molecule has 42 nitrogen and oxygen atoms in total. The van der Waals surface area contributed by atoms with E-state index in [9.17, 15) is 66.3 Å². The van der Waals surface area contributed by atoms with Crippen LogP contribution in [0, 0.1) is 32.1 Å². The first-order valence-corrected chi connectivity index (χ1v) is 52.4. The summed E-state index contributed by atoms with van der Waals surface area (Å²) in [6.45, 7) is 33.7. The van der Waals surface area contributed by atoms with Crippen LogP contribution in [0.5, 0.6) is 5.75 Å². The molecule has 43 heteroatoms. The molecular formula is C105H152N20O22S. The molecule has 5 aromatic rings. The maximum atomic E-state index is 16.7. The van der Waals surface area contributed by atoms with Gasteiger partial charge < -0.3 is 112 Å². The van der Waals surface area contributed by atoms with Crippen molar-refractivity contribution in [3.8, 4) is 5.75 Å². The Balaban J connectivity index is 0.771. The Hall–Kier alpha value is -13.0. The van der Waals surface area contributed by atoms with Crippen LogP contribution in [-0.2, 0) is 115 Å². The fourth-order valence-corrected chi connectivity index (χ4v) is 21.5. The molecule has 14 amide bonds. The molecule has 0 aliphatic carbocycles. The van der Waals surface area contributed by atoms with Crippen molar-refractivity contribution in [1.82, 2.24) is 92.4 Å². The standard InChI is InChI=1S/C105H152N20O22S/c1-59(2)82(92(133)119-84(99(140)141)67(10)146-103(17,18)19)117-81(127)56-111-89(130)79(52-71-54-108-58-112-71)125(105(68-36-25-22-26-37-68,69-38-27-23-28-39-69)70-40-29-24-30-41-70)96(137)65(8)114-91(132)77-45-34-50-123(77)98(139)78-46-35-51-124(78)95(136)64(7)115-93(134)83(66(9)145-102(14,15)16)118-87(128)74(57-144-101(11,12)13)116-80(126)55-110-88(129)75-43-32-48-121(75)94(135)63(6)113-90(131)76-44-33-49-122(76)97(138)73(106)42-31-47-109-100(107)120-148(142,143)86-61(4)60(3)85-72(62(86)5)53-104(20,21)147-85/h22-30,36-41,54,58-59,63-67,73-79,82-84H,31-35,42-53,55-57,106H2,1-21H3,(H,108,112)(H,110,129)(H,111,130)(H,113,131)(H,114,132)(H,115,134)(H,116,126)(H,117,127)(H,118,128)(H,119,133)(H,140,141)(H3,107,109,120)/t63-,64-,65-,66+,67+,73-,74-,75-,76-,77-,78-,79-,82-,83-,84-/m0/s1. The van der Waals surface area contributed by atoms with Gasteiger partial charge in [0.05, 0.1) is 71.7 Å². The lowest BCUT2D eigenvalue weighted by Crippen LogP contribution is -2.65. The molecule has 15 atom stereocenters. The Morgan fingerprint density at radius 3 is 1.53 bits per heavy atom. The number of carbonyl (C=O) groups is 15. The molecule has 4 aromatic carbocycles. The summed E-state index contributed by atoms with van der Waals surface area (Å²) in [5, 5.41) is 45.6. The number of ether oxygens (including phenoxy) is 4. The fourth-order valence-electron chi connectivity index (χ4n) is 20.0. The number of aromatic amines is 1. The number of likely N-dealkylation sites (tertiary alicyclic amines) is 4. The second-order valence-corrected chi connectivity index (χ2v) is 44.5. The number of H-pyrrole nitrogens is 1. The number of fused-ring (bicyclic) bond motifs is 1. The van der Waals surface area contributed by atoms with Crippen molar-refractivity contribution in [3.63, 3.8) is 0 Å². The molecule has 6 heterocycles. The zero-order chi connectivity index (χ0) is 109. The molecule has 1 aromatic heterocycles. The van der Waals surface area contributed by atoms with Gasteiger partial charge in [0, 0.05) is 57.3 Å². The van der Waals surface area contributed by atoms with Crippen molar-refractivity contribution >= 4 is 105 Å². The third-order valence-corrected chi connectivity index (χ3v) is 28.6.